The summed E-state index contributed by atoms with van der Waals surface area (Å²) in [4.78, 5) is 34.7. The van der Waals surface area contributed by atoms with Crippen LogP contribution in [0.2, 0.25) is 0 Å². The molecule has 3 N–H and O–H groups in total. The molecule has 0 radical (unpaired) electrons. The smallest absolute Gasteiger partial charge is 0.339 e. The number of hydrogen-bond donors (Lipinski definition) is 2. The van der Waals surface area contributed by atoms with Gasteiger partial charge in [0.05, 0.1) is 11.1 Å². The molecule has 0 aliphatic rings. The van der Waals surface area contributed by atoms with E-state index >= 15 is 0 Å². The molecule has 0 aliphatic carbocycles. The largest absolute Gasteiger partial charge is 0.452 e. The molecule has 2 rings (SSSR count). The Balaban J connectivity index is 1.96. The van der Waals surface area contributed by atoms with E-state index in [2.05, 4.69) is 21.2 Å². The zero-order chi connectivity index (χ0) is 17.0. The molecule has 9 heteroatoms. The van der Waals surface area contributed by atoms with Gasteiger partial charge in [-0.3, -0.25) is 9.59 Å². The summed E-state index contributed by atoms with van der Waals surface area (Å²) in [6.45, 7) is -0.585. The highest BCUT2D eigenvalue weighted by molar-refractivity contribution is 9.10. The predicted molar refractivity (Wildman–Crippen MR) is 85.8 cm³/mol. The quantitative estimate of drug-likeness (QED) is 0.753. The van der Waals surface area contributed by atoms with Gasteiger partial charge in [0.1, 0.15) is 10.8 Å². The number of rotatable bonds is 5. The van der Waals surface area contributed by atoms with E-state index < -0.39 is 30.2 Å². The third-order valence-electron chi connectivity index (χ3n) is 2.67. The van der Waals surface area contributed by atoms with Crippen LogP contribution in [0.4, 0.5) is 9.39 Å². The van der Waals surface area contributed by atoms with Crippen LogP contribution >= 0.6 is 27.3 Å². The number of amides is 2. The summed E-state index contributed by atoms with van der Waals surface area (Å²) in [6.07, 6.45) is 0. The van der Waals surface area contributed by atoms with E-state index in [1.54, 1.807) is 5.38 Å². The monoisotopic (exact) mass is 400 g/mol. The van der Waals surface area contributed by atoms with Gasteiger partial charge in [0.15, 0.2) is 6.61 Å². The Morgan fingerprint density at radius 3 is 2.70 bits per heavy atom. The van der Waals surface area contributed by atoms with Crippen LogP contribution in [0.3, 0.4) is 0 Å². The summed E-state index contributed by atoms with van der Waals surface area (Å²) in [7, 11) is 0. The molecule has 23 heavy (non-hydrogen) atoms. The fourth-order valence-electron chi connectivity index (χ4n) is 1.63. The molecule has 6 nitrogen and oxygen atoms in total. The lowest BCUT2D eigenvalue weighted by atomic mass is 10.2. The van der Waals surface area contributed by atoms with Crippen LogP contribution in [0.5, 0.6) is 0 Å². The highest BCUT2D eigenvalue weighted by Gasteiger charge is 2.16. The SMILES string of the molecule is NC(=O)c1ccsc1NC(=O)COC(=O)c1cc(F)ccc1Br. The van der Waals surface area contributed by atoms with Crippen LogP contribution in [0.15, 0.2) is 34.1 Å². The number of nitrogens with two attached hydrogens (primary N) is 1. The molecule has 2 amide bonds. The van der Waals surface area contributed by atoms with Crippen molar-refractivity contribution in [2.75, 3.05) is 11.9 Å². The van der Waals surface area contributed by atoms with E-state index in [4.69, 9.17) is 10.5 Å². The van der Waals surface area contributed by atoms with E-state index in [9.17, 15) is 18.8 Å². The first-order valence-corrected chi connectivity index (χ1v) is 7.85. The van der Waals surface area contributed by atoms with Crippen molar-refractivity contribution in [2.24, 2.45) is 5.73 Å². The number of carbonyl (C=O) groups is 3. The number of carbonyl (C=O) groups excluding carboxylic acids is 3. The van der Waals surface area contributed by atoms with Crippen molar-refractivity contribution < 1.29 is 23.5 Å². The molecule has 0 saturated carbocycles. The highest BCUT2D eigenvalue weighted by Crippen LogP contribution is 2.22. The van der Waals surface area contributed by atoms with E-state index in [-0.39, 0.29) is 16.1 Å². The Morgan fingerprint density at radius 2 is 2.00 bits per heavy atom. The molecule has 0 saturated heterocycles. The number of primary amides is 1. The van der Waals surface area contributed by atoms with Crippen molar-refractivity contribution in [3.63, 3.8) is 0 Å². The second kappa shape index (κ2) is 7.34. The molecule has 0 aliphatic heterocycles. The average molecular weight is 401 g/mol. The second-order valence-electron chi connectivity index (χ2n) is 4.28. The minimum atomic E-state index is -0.854. The average Bonchev–Trinajstić information content (AvgIpc) is 2.95. The van der Waals surface area contributed by atoms with Crippen LogP contribution in [0.1, 0.15) is 20.7 Å². The zero-order valence-corrected chi connectivity index (χ0v) is 13.9. The molecule has 0 atom stereocenters. The maximum atomic E-state index is 13.1. The number of halogens is 2. The first-order chi connectivity index (χ1) is 10.9. The highest BCUT2D eigenvalue weighted by atomic mass is 79.9. The van der Waals surface area contributed by atoms with Crippen molar-refractivity contribution in [3.05, 3.63) is 51.1 Å². The number of esters is 1. The summed E-state index contributed by atoms with van der Waals surface area (Å²) in [6, 6.07) is 5.00. The van der Waals surface area contributed by atoms with Crippen LogP contribution in [0.25, 0.3) is 0 Å². The molecule has 0 bridgehead atoms. The zero-order valence-electron chi connectivity index (χ0n) is 11.5. The van der Waals surface area contributed by atoms with Gasteiger partial charge in [0.2, 0.25) is 0 Å². The third-order valence-corrected chi connectivity index (χ3v) is 4.19. The summed E-state index contributed by atoms with van der Waals surface area (Å²) in [5.41, 5.74) is 5.29. The molecular formula is C14H10BrFN2O4S. The van der Waals surface area contributed by atoms with Crippen molar-refractivity contribution in [3.8, 4) is 0 Å². The lowest BCUT2D eigenvalue weighted by molar-refractivity contribution is -0.119. The fraction of sp³-hybridized carbons (Fsp3) is 0.0714. The van der Waals surface area contributed by atoms with Gasteiger partial charge >= 0.3 is 5.97 Å². The maximum absolute atomic E-state index is 13.1. The van der Waals surface area contributed by atoms with Gasteiger partial charge in [0, 0.05) is 4.47 Å². The van der Waals surface area contributed by atoms with Gasteiger partial charge in [0.25, 0.3) is 11.8 Å². The summed E-state index contributed by atoms with van der Waals surface area (Å²) >= 11 is 4.21. The Kier molecular flexibility index (Phi) is 5.45. The first-order valence-electron chi connectivity index (χ1n) is 6.18. The molecule has 2 aromatic rings. The minimum absolute atomic E-state index is 0.0354. The fourth-order valence-corrected chi connectivity index (χ4v) is 2.84. The molecule has 0 spiro atoms. The molecule has 1 aromatic heterocycles. The van der Waals surface area contributed by atoms with E-state index in [1.165, 1.54) is 18.2 Å². The first kappa shape index (κ1) is 17.1. The van der Waals surface area contributed by atoms with Gasteiger partial charge in [-0.1, -0.05) is 0 Å². The van der Waals surface area contributed by atoms with Crippen LogP contribution < -0.4 is 11.1 Å². The summed E-state index contributed by atoms with van der Waals surface area (Å²) in [5.74, 6) is -2.78. The summed E-state index contributed by atoms with van der Waals surface area (Å²) in [5, 5.41) is 4.28. The molecule has 0 fully saturated rings. The Morgan fingerprint density at radius 1 is 1.26 bits per heavy atom. The number of benzene rings is 1. The van der Waals surface area contributed by atoms with Crippen LogP contribution in [-0.4, -0.2) is 24.4 Å². The van der Waals surface area contributed by atoms with Crippen molar-refractivity contribution >= 4 is 50.1 Å². The number of hydrogen-bond acceptors (Lipinski definition) is 5. The Labute approximate surface area is 142 Å². The molecular weight excluding hydrogens is 391 g/mol. The molecule has 0 unspecified atom stereocenters. The van der Waals surface area contributed by atoms with Gasteiger partial charge in [-0.2, -0.15) is 0 Å². The standard InChI is InChI=1S/C14H10BrFN2O4S/c15-10-2-1-7(16)5-9(10)14(21)22-6-11(19)18-13-8(12(17)20)3-4-23-13/h1-5H,6H2,(H2,17,20)(H,18,19). The predicted octanol–water partition coefficient (Wildman–Crippen LogP) is 2.54. The van der Waals surface area contributed by atoms with Gasteiger partial charge in [-0.25, -0.2) is 9.18 Å². The number of anilines is 1. The third kappa shape index (κ3) is 4.36. The van der Waals surface area contributed by atoms with Crippen molar-refractivity contribution in [2.45, 2.75) is 0 Å². The van der Waals surface area contributed by atoms with Gasteiger partial charge in [-0.05, 0) is 45.6 Å². The molecule has 120 valence electrons. The normalized spacial score (nSPS) is 10.2. The van der Waals surface area contributed by atoms with Crippen LogP contribution in [0, 0.1) is 5.82 Å². The van der Waals surface area contributed by atoms with Crippen molar-refractivity contribution in [1.29, 1.82) is 0 Å². The number of thiophene rings is 1. The number of ether oxygens (including phenoxy) is 1. The van der Waals surface area contributed by atoms with E-state index in [0.29, 0.717) is 4.47 Å². The topological polar surface area (TPSA) is 98.5 Å². The van der Waals surface area contributed by atoms with Gasteiger partial charge < -0.3 is 15.8 Å². The Bertz CT molecular complexity index is 778. The molecule has 1 heterocycles. The maximum Gasteiger partial charge on any atom is 0.339 e. The minimum Gasteiger partial charge on any atom is -0.452 e. The van der Waals surface area contributed by atoms with Gasteiger partial charge in [-0.15, -0.1) is 11.3 Å². The number of nitrogens with one attached hydrogen (secondary N) is 1. The van der Waals surface area contributed by atoms with E-state index in [0.717, 1.165) is 17.4 Å². The molecule has 1 aromatic carbocycles. The lowest BCUT2D eigenvalue weighted by Crippen LogP contribution is -2.22. The lowest BCUT2D eigenvalue weighted by Gasteiger charge is -2.07. The van der Waals surface area contributed by atoms with Crippen molar-refractivity contribution in [1.82, 2.24) is 0 Å². The van der Waals surface area contributed by atoms with Crippen LogP contribution in [-0.2, 0) is 9.53 Å². The summed E-state index contributed by atoms with van der Waals surface area (Å²) < 4.78 is 18.3. The Hall–Kier alpha value is -2.26. The van der Waals surface area contributed by atoms with E-state index in [1.807, 2.05) is 0 Å². The second-order valence-corrected chi connectivity index (χ2v) is 6.05.